The summed E-state index contributed by atoms with van der Waals surface area (Å²) in [6.07, 6.45) is -1.58. The number of amides is 1. The van der Waals surface area contributed by atoms with Crippen LogP contribution in [0.2, 0.25) is 0 Å². The van der Waals surface area contributed by atoms with Gasteiger partial charge in [-0.1, -0.05) is 42.5 Å². The van der Waals surface area contributed by atoms with Crippen LogP contribution < -0.4 is 9.62 Å². The maximum atomic E-state index is 13.4. The minimum absolute atomic E-state index is 0.128. The summed E-state index contributed by atoms with van der Waals surface area (Å²) in [6, 6.07) is 16.9. The molecule has 0 fully saturated rings. The van der Waals surface area contributed by atoms with E-state index in [1.807, 2.05) is 18.2 Å². The van der Waals surface area contributed by atoms with Crippen molar-refractivity contribution in [2.24, 2.45) is 0 Å². The number of fused-ring (bicyclic) bond motifs is 1. The molecule has 1 amide bonds. The van der Waals surface area contributed by atoms with Crippen molar-refractivity contribution in [2.75, 3.05) is 10.8 Å². The quantitative estimate of drug-likeness (QED) is 0.479. The molecule has 1 N–H and O–H groups in total. The second-order valence-corrected chi connectivity index (χ2v) is 10.4. The van der Waals surface area contributed by atoms with Crippen molar-refractivity contribution in [3.8, 4) is 0 Å². The van der Waals surface area contributed by atoms with Gasteiger partial charge in [0.05, 0.1) is 22.2 Å². The highest BCUT2D eigenvalue weighted by Crippen LogP contribution is 2.33. The molecule has 3 aromatic rings. The Morgan fingerprint density at radius 1 is 0.971 bits per heavy atom. The number of carbonyl (C=O) groups excluding carboxylic acids is 1. The average Bonchev–Trinajstić information content (AvgIpc) is 3.30. The second kappa shape index (κ2) is 9.73. The third kappa shape index (κ3) is 5.51. The number of rotatable bonds is 7. The molecular formula is C26H25F3N2O3S. The summed E-state index contributed by atoms with van der Waals surface area (Å²) in [5.41, 5.74) is 2.16. The normalized spacial score (nSPS) is 14.3. The first kappa shape index (κ1) is 24.8. The number of carbonyl (C=O) groups is 1. The van der Waals surface area contributed by atoms with Gasteiger partial charge in [0.1, 0.15) is 6.54 Å². The molecule has 9 heteroatoms. The fourth-order valence-electron chi connectivity index (χ4n) is 4.23. The Morgan fingerprint density at radius 2 is 1.69 bits per heavy atom. The molecule has 0 saturated heterocycles. The Labute approximate surface area is 202 Å². The monoisotopic (exact) mass is 502 g/mol. The second-order valence-electron chi connectivity index (χ2n) is 8.54. The van der Waals surface area contributed by atoms with Gasteiger partial charge in [-0.15, -0.1) is 0 Å². The summed E-state index contributed by atoms with van der Waals surface area (Å²) in [5, 5.41) is 2.79. The molecule has 1 aliphatic rings. The van der Waals surface area contributed by atoms with E-state index in [1.165, 1.54) is 41.5 Å². The fraction of sp³-hybridized carbons (Fsp3) is 0.269. The molecule has 0 spiro atoms. The van der Waals surface area contributed by atoms with Crippen LogP contribution in [0.25, 0.3) is 0 Å². The standard InChI is InChI=1S/C26H25F3N2O3S/c1-18(20-14-13-19-7-5-8-21(19)15-20)30-25(32)17-31(35(33,34)24-11-3-2-4-12-24)23-10-6-9-22(16-23)26(27,28)29/h2-4,6,9-16,18H,5,7-8,17H2,1H3,(H,30,32)/t18-/m0/s1. The highest BCUT2D eigenvalue weighted by atomic mass is 32.2. The fourth-order valence-corrected chi connectivity index (χ4v) is 5.67. The number of halogens is 3. The molecule has 1 aliphatic carbocycles. The largest absolute Gasteiger partial charge is 0.416 e. The third-order valence-electron chi connectivity index (χ3n) is 6.08. The third-order valence-corrected chi connectivity index (χ3v) is 7.87. The molecule has 0 aromatic heterocycles. The van der Waals surface area contributed by atoms with Crippen molar-refractivity contribution in [3.63, 3.8) is 0 Å². The zero-order valence-corrected chi connectivity index (χ0v) is 19.9. The molecule has 0 heterocycles. The summed E-state index contributed by atoms with van der Waals surface area (Å²) >= 11 is 0. The van der Waals surface area contributed by atoms with Gasteiger partial charge in [0, 0.05) is 0 Å². The van der Waals surface area contributed by atoms with Crippen LogP contribution in [0.4, 0.5) is 18.9 Å². The van der Waals surface area contributed by atoms with Crippen molar-refractivity contribution in [1.29, 1.82) is 0 Å². The molecule has 0 unspecified atom stereocenters. The van der Waals surface area contributed by atoms with Crippen LogP contribution in [0.1, 0.15) is 41.6 Å². The van der Waals surface area contributed by atoms with Crippen molar-refractivity contribution >= 4 is 21.6 Å². The predicted molar refractivity (Wildman–Crippen MR) is 127 cm³/mol. The van der Waals surface area contributed by atoms with Crippen LogP contribution in [0.3, 0.4) is 0 Å². The zero-order valence-electron chi connectivity index (χ0n) is 19.0. The maximum Gasteiger partial charge on any atom is 0.416 e. The first-order valence-electron chi connectivity index (χ1n) is 11.2. The summed E-state index contributed by atoms with van der Waals surface area (Å²) in [7, 11) is -4.31. The van der Waals surface area contributed by atoms with E-state index >= 15 is 0 Å². The zero-order chi connectivity index (χ0) is 25.2. The summed E-state index contributed by atoms with van der Waals surface area (Å²) in [6.45, 7) is 1.11. The van der Waals surface area contributed by atoms with Gasteiger partial charge < -0.3 is 5.32 Å². The van der Waals surface area contributed by atoms with E-state index in [4.69, 9.17) is 0 Å². The number of aryl methyl sites for hydroxylation is 2. The number of anilines is 1. The lowest BCUT2D eigenvalue weighted by molar-refractivity contribution is -0.137. The van der Waals surface area contributed by atoms with E-state index in [9.17, 15) is 26.4 Å². The molecule has 3 aromatic carbocycles. The van der Waals surface area contributed by atoms with Gasteiger partial charge >= 0.3 is 6.18 Å². The first-order valence-corrected chi connectivity index (χ1v) is 12.7. The molecule has 1 atom stereocenters. The molecule has 0 aliphatic heterocycles. The summed E-state index contributed by atoms with van der Waals surface area (Å²) in [5.74, 6) is -0.630. The van der Waals surface area contributed by atoms with Crippen LogP contribution in [-0.4, -0.2) is 20.9 Å². The van der Waals surface area contributed by atoms with E-state index in [1.54, 1.807) is 13.0 Å². The number of nitrogens with zero attached hydrogens (tertiary/aromatic N) is 1. The Hall–Kier alpha value is -3.33. The number of alkyl halides is 3. The molecule has 4 rings (SSSR count). The molecule has 0 saturated carbocycles. The minimum atomic E-state index is -4.66. The molecule has 5 nitrogen and oxygen atoms in total. The highest BCUT2D eigenvalue weighted by molar-refractivity contribution is 7.92. The summed E-state index contributed by atoms with van der Waals surface area (Å²) < 4.78 is 67.4. The number of benzene rings is 3. The first-order chi connectivity index (χ1) is 16.6. The van der Waals surface area contributed by atoms with Crippen LogP contribution in [0.5, 0.6) is 0 Å². The van der Waals surface area contributed by atoms with Crippen LogP contribution in [-0.2, 0) is 33.8 Å². The minimum Gasteiger partial charge on any atom is -0.348 e. The molecule has 0 radical (unpaired) electrons. The van der Waals surface area contributed by atoms with Gasteiger partial charge in [-0.3, -0.25) is 9.10 Å². The molecular weight excluding hydrogens is 477 g/mol. The van der Waals surface area contributed by atoms with Gasteiger partial charge in [0.25, 0.3) is 10.0 Å². The van der Waals surface area contributed by atoms with E-state index in [0.717, 1.165) is 43.0 Å². The van der Waals surface area contributed by atoms with Crippen molar-refractivity contribution in [1.82, 2.24) is 5.32 Å². The topological polar surface area (TPSA) is 66.5 Å². The SMILES string of the molecule is C[C@H](NC(=O)CN(c1cccc(C(F)(F)F)c1)S(=O)(=O)c1ccccc1)c1ccc2c(c1)CCC2. The summed E-state index contributed by atoms with van der Waals surface area (Å²) in [4.78, 5) is 12.8. The lowest BCUT2D eigenvalue weighted by Crippen LogP contribution is -2.41. The predicted octanol–water partition coefficient (Wildman–Crippen LogP) is 5.27. The van der Waals surface area contributed by atoms with E-state index in [2.05, 4.69) is 5.32 Å². The Bertz CT molecular complexity index is 1330. The van der Waals surface area contributed by atoms with Gasteiger partial charge in [-0.05, 0) is 73.2 Å². The number of hydrogen-bond acceptors (Lipinski definition) is 3. The van der Waals surface area contributed by atoms with E-state index < -0.39 is 40.3 Å². The Morgan fingerprint density at radius 3 is 2.40 bits per heavy atom. The Kier molecular flexibility index (Phi) is 6.89. The van der Waals surface area contributed by atoms with E-state index in [0.29, 0.717) is 4.31 Å². The number of nitrogens with one attached hydrogen (secondary N) is 1. The smallest absolute Gasteiger partial charge is 0.348 e. The number of hydrogen-bond donors (Lipinski definition) is 1. The average molecular weight is 503 g/mol. The number of sulfonamides is 1. The lowest BCUT2D eigenvalue weighted by Gasteiger charge is -2.26. The van der Waals surface area contributed by atoms with Gasteiger partial charge in [-0.25, -0.2) is 8.42 Å². The molecule has 184 valence electrons. The molecule has 0 bridgehead atoms. The van der Waals surface area contributed by atoms with Gasteiger partial charge in [0.2, 0.25) is 5.91 Å². The Balaban J connectivity index is 1.62. The van der Waals surface area contributed by atoms with Crippen molar-refractivity contribution in [3.05, 3.63) is 95.1 Å². The lowest BCUT2D eigenvalue weighted by atomic mass is 10.0. The van der Waals surface area contributed by atoms with Crippen molar-refractivity contribution < 1.29 is 26.4 Å². The van der Waals surface area contributed by atoms with Crippen LogP contribution in [0, 0.1) is 0 Å². The van der Waals surface area contributed by atoms with Crippen LogP contribution >= 0.6 is 0 Å². The van der Waals surface area contributed by atoms with Crippen LogP contribution in [0.15, 0.2) is 77.7 Å². The van der Waals surface area contributed by atoms with Gasteiger partial charge in [0.15, 0.2) is 0 Å². The van der Waals surface area contributed by atoms with Gasteiger partial charge in [-0.2, -0.15) is 13.2 Å². The molecule has 35 heavy (non-hydrogen) atoms. The van der Waals surface area contributed by atoms with E-state index in [-0.39, 0.29) is 10.6 Å². The van der Waals surface area contributed by atoms with Crippen molar-refractivity contribution in [2.45, 2.75) is 43.3 Å². The maximum absolute atomic E-state index is 13.4. The highest BCUT2D eigenvalue weighted by Gasteiger charge is 2.33.